The first-order valence-corrected chi connectivity index (χ1v) is 11.7. The first kappa shape index (κ1) is 28.5. The van der Waals surface area contributed by atoms with Crippen LogP contribution >= 0.6 is 11.6 Å². The summed E-state index contributed by atoms with van der Waals surface area (Å²) in [6.45, 7) is 10.4. The maximum atomic E-state index is 13.2. The summed E-state index contributed by atoms with van der Waals surface area (Å²) in [7, 11) is 0. The van der Waals surface area contributed by atoms with Crippen LogP contribution in [0.4, 0.5) is 5.69 Å². The monoisotopic (exact) mass is 510 g/mol. The van der Waals surface area contributed by atoms with Crippen molar-refractivity contribution in [3.63, 3.8) is 0 Å². The Morgan fingerprint density at radius 3 is 2.42 bits per heavy atom. The molecule has 1 heterocycles. The molecule has 190 valence electrons. The third-order valence-corrected chi connectivity index (χ3v) is 5.52. The molecule has 0 fully saturated rings. The predicted octanol–water partition coefficient (Wildman–Crippen LogP) is 4.13. The van der Waals surface area contributed by atoms with E-state index < -0.39 is 11.6 Å². The summed E-state index contributed by atoms with van der Waals surface area (Å²) in [6, 6.07) is 10.0. The number of guanidine groups is 1. The fourth-order valence-electron chi connectivity index (χ4n) is 3.27. The van der Waals surface area contributed by atoms with Crippen LogP contribution in [0.3, 0.4) is 0 Å². The molecule has 0 saturated carbocycles. The number of pyridine rings is 1. The van der Waals surface area contributed by atoms with Gasteiger partial charge in [-0.25, -0.2) is 4.99 Å². The highest BCUT2D eigenvalue weighted by molar-refractivity contribution is 6.30. The van der Waals surface area contributed by atoms with Crippen molar-refractivity contribution in [2.75, 3.05) is 31.7 Å². The van der Waals surface area contributed by atoms with Crippen molar-refractivity contribution in [1.82, 2.24) is 15.6 Å². The molecule has 2 aromatic rings. The van der Waals surface area contributed by atoms with E-state index >= 15 is 0 Å². The number of aromatic nitrogens is 1. The van der Waals surface area contributed by atoms with Crippen LogP contribution in [-0.2, 0) is 9.47 Å². The summed E-state index contributed by atoms with van der Waals surface area (Å²) < 4.78 is 11.7. The van der Waals surface area contributed by atoms with Crippen molar-refractivity contribution in [1.29, 1.82) is 5.26 Å². The molecular weight excluding hydrogens is 480 g/mol. The number of benzene rings is 1. The topological polar surface area (TPSA) is 121 Å². The third kappa shape index (κ3) is 8.82. The van der Waals surface area contributed by atoms with E-state index in [1.165, 1.54) is 0 Å². The van der Waals surface area contributed by atoms with Crippen molar-refractivity contribution in [3.8, 4) is 6.19 Å². The zero-order valence-corrected chi connectivity index (χ0v) is 21.0. The van der Waals surface area contributed by atoms with Crippen molar-refractivity contribution in [3.05, 3.63) is 84.7 Å². The molecule has 0 aliphatic heterocycles. The van der Waals surface area contributed by atoms with Gasteiger partial charge in [-0.1, -0.05) is 30.7 Å². The molecule has 1 aromatic carbocycles. The number of carbonyl (C=O) groups is 1. The lowest BCUT2D eigenvalue weighted by Gasteiger charge is -2.38. The molecule has 36 heavy (non-hydrogen) atoms. The number of hydrogen-bond acceptors (Lipinski definition) is 6. The van der Waals surface area contributed by atoms with E-state index in [2.05, 4.69) is 34.1 Å². The Labute approximate surface area is 216 Å². The number of hydrogen-bond donors (Lipinski definition) is 3. The van der Waals surface area contributed by atoms with E-state index in [-0.39, 0.29) is 25.1 Å². The molecule has 0 spiro atoms. The fourth-order valence-corrected chi connectivity index (χ4v) is 3.40. The Kier molecular flexibility index (Phi) is 12.1. The number of anilines is 1. The Hall–Kier alpha value is -3.71. The Balaban J connectivity index is 2.51. The first-order valence-electron chi connectivity index (χ1n) is 11.3. The Morgan fingerprint density at radius 1 is 1.22 bits per heavy atom. The van der Waals surface area contributed by atoms with E-state index in [0.717, 1.165) is 0 Å². The largest absolute Gasteiger partial charge is 0.377 e. The zero-order valence-electron chi connectivity index (χ0n) is 20.2. The third-order valence-electron chi connectivity index (χ3n) is 5.27. The minimum atomic E-state index is -0.861. The molecule has 2 rings (SSSR count). The van der Waals surface area contributed by atoms with Crippen molar-refractivity contribution < 1.29 is 14.3 Å². The van der Waals surface area contributed by atoms with E-state index in [4.69, 9.17) is 26.1 Å². The average Bonchev–Trinajstić information content (AvgIpc) is 2.88. The molecule has 0 radical (unpaired) electrons. The summed E-state index contributed by atoms with van der Waals surface area (Å²) >= 11 is 5.98. The van der Waals surface area contributed by atoms with Crippen LogP contribution in [0, 0.1) is 16.9 Å². The summed E-state index contributed by atoms with van der Waals surface area (Å²) in [5.41, 5.74) is 0.209. The molecule has 0 aliphatic rings. The number of rotatable bonds is 14. The maximum absolute atomic E-state index is 13.2. The zero-order chi connectivity index (χ0) is 26.2. The van der Waals surface area contributed by atoms with Gasteiger partial charge >= 0.3 is 0 Å². The number of aliphatic imine (C=N–C) groups is 1. The highest BCUT2D eigenvalue weighted by atomic mass is 35.5. The van der Waals surface area contributed by atoms with Gasteiger partial charge in [0.2, 0.25) is 5.96 Å². The lowest BCUT2D eigenvalue weighted by atomic mass is 9.83. The van der Waals surface area contributed by atoms with Crippen LogP contribution in [0.1, 0.15) is 23.7 Å². The van der Waals surface area contributed by atoms with E-state index in [9.17, 15) is 10.1 Å². The van der Waals surface area contributed by atoms with Gasteiger partial charge in [0, 0.05) is 16.8 Å². The fraction of sp³-hybridized carbons (Fsp3) is 0.308. The summed E-state index contributed by atoms with van der Waals surface area (Å²) in [5.74, 6) is -0.249. The molecule has 10 heteroatoms. The van der Waals surface area contributed by atoms with Crippen LogP contribution in [0.2, 0.25) is 5.02 Å². The normalized spacial score (nSPS) is 12.2. The molecule has 1 unspecified atom stereocenters. The second-order valence-corrected chi connectivity index (χ2v) is 8.22. The van der Waals surface area contributed by atoms with Crippen molar-refractivity contribution >= 4 is 29.2 Å². The predicted molar refractivity (Wildman–Crippen MR) is 142 cm³/mol. The smallest absolute Gasteiger partial charge is 0.252 e. The quantitative estimate of drug-likeness (QED) is 0.0872. The lowest BCUT2D eigenvalue weighted by molar-refractivity contribution is -0.0311. The molecular formula is C26H31ClN6O3. The number of amides is 1. The first-order chi connectivity index (χ1) is 17.5. The maximum Gasteiger partial charge on any atom is 0.252 e. The number of nitrogens with one attached hydrogen (secondary N) is 3. The van der Waals surface area contributed by atoms with Crippen LogP contribution in [-0.4, -0.2) is 49.4 Å². The van der Waals surface area contributed by atoms with E-state index in [0.29, 0.717) is 35.9 Å². The standard InChI is InChI=1S/C26H31ClN6O3/c1-4-14-35-17-26(6-3,18-36-15-5-2)24(32-23(34)20-9-11-21(27)12-10-20)33-25(30-19-28)31-22-8-7-13-29-16-22/h4-5,7-13,16,24H,1-2,6,14-15,17-18H2,3H3,(H,32,34)(H2,30,31,33). The molecule has 1 atom stereocenters. The van der Waals surface area contributed by atoms with Crippen LogP contribution < -0.4 is 16.0 Å². The van der Waals surface area contributed by atoms with Gasteiger partial charge in [0.1, 0.15) is 6.17 Å². The van der Waals surface area contributed by atoms with Gasteiger partial charge in [0.05, 0.1) is 43.7 Å². The van der Waals surface area contributed by atoms with Gasteiger partial charge < -0.3 is 20.1 Å². The van der Waals surface area contributed by atoms with Gasteiger partial charge in [0.15, 0.2) is 6.19 Å². The Bertz CT molecular complexity index is 1040. The van der Waals surface area contributed by atoms with Crippen LogP contribution in [0.5, 0.6) is 0 Å². The summed E-state index contributed by atoms with van der Waals surface area (Å²) in [5, 5.41) is 18.4. The lowest BCUT2D eigenvalue weighted by Crippen LogP contribution is -2.53. The number of carbonyl (C=O) groups excluding carboxylic acids is 1. The average molecular weight is 511 g/mol. The molecule has 3 N–H and O–H groups in total. The number of nitrogens with zero attached hydrogens (tertiary/aromatic N) is 3. The molecule has 0 saturated heterocycles. The second-order valence-electron chi connectivity index (χ2n) is 7.79. The molecule has 1 amide bonds. The minimum Gasteiger partial charge on any atom is -0.377 e. The van der Waals surface area contributed by atoms with Crippen molar-refractivity contribution in [2.24, 2.45) is 10.4 Å². The Morgan fingerprint density at radius 2 is 1.89 bits per heavy atom. The highest BCUT2D eigenvalue weighted by Crippen LogP contribution is 2.30. The second kappa shape index (κ2) is 15.3. The SMILES string of the molecule is C=CCOCC(CC)(COCC=C)C(/N=C(\NC#N)Nc1cccnc1)NC(=O)c1ccc(Cl)cc1. The van der Waals surface area contributed by atoms with Crippen LogP contribution in [0.15, 0.2) is 79.1 Å². The van der Waals surface area contributed by atoms with Gasteiger partial charge in [-0.15, -0.1) is 13.2 Å². The highest BCUT2D eigenvalue weighted by Gasteiger charge is 2.40. The molecule has 0 bridgehead atoms. The van der Waals surface area contributed by atoms with E-state index in [1.807, 2.05) is 13.1 Å². The number of nitriles is 1. The molecule has 1 aromatic heterocycles. The van der Waals surface area contributed by atoms with Gasteiger partial charge in [0.25, 0.3) is 5.91 Å². The summed E-state index contributed by atoms with van der Waals surface area (Å²) in [6.07, 6.45) is 8.05. The van der Waals surface area contributed by atoms with Gasteiger partial charge in [-0.05, 0) is 42.8 Å². The summed E-state index contributed by atoms with van der Waals surface area (Å²) in [4.78, 5) is 22.0. The van der Waals surface area contributed by atoms with Gasteiger partial charge in [-0.2, -0.15) is 5.26 Å². The van der Waals surface area contributed by atoms with Gasteiger partial charge in [-0.3, -0.25) is 15.1 Å². The van der Waals surface area contributed by atoms with Crippen LogP contribution in [0.25, 0.3) is 0 Å². The molecule has 0 aliphatic carbocycles. The number of ether oxygens (including phenoxy) is 2. The van der Waals surface area contributed by atoms with E-state index in [1.54, 1.807) is 60.9 Å². The van der Waals surface area contributed by atoms with Crippen molar-refractivity contribution in [2.45, 2.75) is 19.5 Å². The molecule has 9 nitrogen and oxygen atoms in total. The minimum absolute atomic E-state index is 0.122. The number of halogens is 1.